The van der Waals surface area contributed by atoms with E-state index in [1.54, 1.807) is 35.4 Å². The second-order valence-electron chi connectivity index (χ2n) is 7.16. The number of aromatic nitrogens is 1. The topological polar surface area (TPSA) is 56.8 Å². The minimum Gasteiger partial charge on any atom is -0.356 e. The predicted octanol–water partition coefficient (Wildman–Crippen LogP) is 2.93. The van der Waals surface area contributed by atoms with Gasteiger partial charge in [0.1, 0.15) is 5.82 Å². The van der Waals surface area contributed by atoms with Gasteiger partial charge in [0.15, 0.2) is 0 Å². The number of halogens is 1. The molecule has 2 aliphatic heterocycles. The van der Waals surface area contributed by atoms with E-state index in [1.807, 2.05) is 17.0 Å². The molecule has 2 aliphatic rings. The highest BCUT2D eigenvalue weighted by Crippen LogP contribution is 2.24. The summed E-state index contributed by atoms with van der Waals surface area (Å²) in [5, 5.41) is 0.609. The quantitative estimate of drug-likeness (QED) is 0.797. The number of hydrogen-bond donors (Lipinski definition) is 0. The summed E-state index contributed by atoms with van der Waals surface area (Å²) in [7, 11) is 0. The number of carbonyl (C=O) groups excluding carboxylic acids is 2. The van der Waals surface area contributed by atoms with Crippen LogP contribution >= 0.6 is 11.6 Å². The van der Waals surface area contributed by atoms with Crippen molar-refractivity contribution in [1.82, 2.24) is 14.8 Å². The van der Waals surface area contributed by atoms with Crippen molar-refractivity contribution in [3.63, 3.8) is 0 Å². The first-order valence-corrected chi connectivity index (χ1v) is 10.1. The van der Waals surface area contributed by atoms with E-state index in [4.69, 9.17) is 11.6 Å². The van der Waals surface area contributed by atoms with Crippen molar-refractivity contribution in [2.45, 2.75) is 12.8 Å². The van der Waals surface area contributed by atoms with Gasteiger partial charge < -0.3 is 14.7 Å². The van der Waals surface area contributed by atoms with Crippen molar-refractivity contribution >= 4 is 29.2 Å². The number of carbonyl (C=O) groups is 2. The maximum atomic E-state index is 13.1. The molecule has 2 fully saturated rings. The van der Waals surface area contributed by atoms with Crippen LogP contribution in [0.15, 0.2) is 42.6 Å². The van der Waals surface area contributed by atoms with Gasteiger partial charge in [-0.25, -0.2) is 4.98 Å². The summed E-state index contributed by atoms with van der Waals surface area (Å²) >= 11 is 5.90. The van der Waals surface area contributed by atoms with Crippen molar-refractivity contribution < 1.29 is 9.59 Å². The summed E-state index contributed by atoms with van der Waals surface area (Å²) < 4.78 is 0. The highest BCUT2D eigenvalue weighted by Gasteiger charge is 2.28. The minimum atomic E-state index is -0.0251. The second-order valence-corrected chi connectivity index (χ2v) is 7.60. The van der Waals surface area contributed by atoms with Crippen LogP contribution in [0.5, 0.6) is 0 Å². The fourth-order valence-corrected chi connectivity index (χ4v) is 3.93. The number of piperazine rings is 1. The molecule has 1 aromatic carbocycles. The van der Waals surface area contributed by atoms with Crippen molar-refractivity contribution in [2.75, 3.05) is 44.2 Å². The molecule has 1 aromatic heterocycles. The van der Waals surface area contributed by atoms with E-state index in [0.717, 1.165) is 31.7 Å². The molecule has 0 aliphatic carbocycles. The van der Waals surface area contributed by atoms with Crippen LogP contribution in [-0.2, 0) is 0 Å². The van der Waals surface area contributed by atoms with Crippen molar-refractivity contribution in [3.8, 4) is 0 Å². The molecule has 0 saturated carbocycles. The Labute approximate surface area is 169 Å². The zero-order chi connectivity index (χ0) is 19.5. The Morgan fingerprint density at radius 2 is 1.43 bits per heavy atom. The van der Waals surface area contributed by atoms with E-state index in [1.165, 1.54) is 0 Å². The maximum Gasteiger partial charge on any atom is 0.257 e. The number of nitrogens with zero attached hydrogens (tertiary/aromatic N) is 4. The van der Waals surface area contributed by atoms with Crippen LogP contribution in [0.2, 0.25) is 5.02 Å². The summed E-state index contributed by atoms with van der Waals surface area (Å²) in [4.78, 5) is 36.0. The fourth-order valence-electron chi connectivity index (χ4n) is 3.80. The van der Waals surface area contributed by atoms with Gasteiger partial charge in [0.05, 0.1) is 5.56 Å². The van der Waals surface area contributed by atoms with E-state index >= 15 is 0 Å². The first kappa shape index (κ1) is 18.7. The van der Waals surface area contributed by atoms with Gasteiger partial charge in [0.2, 0.25) is 0 Å². The zero-order valence-corrected chi connectivity index (χ0v) is 16.4. The standard InChI is InChI=1S/C21H23ClN4O2/c22-17-7-5-16(6-8-17)20(27)25-12-14-26(15-13-25)21(28)18-4-3-9-23-19(18)24-10-1-2-11-24/h3-9H,1-2,10-15H2. The smallest absolute Gasteiger partial charge is 0.257 e. The molecule has 0 bridgehead atoms. The number of pyridine rings is 1. The molecule has 3 heterocycles. The lowest BCUT2D eigenvalue weighted by Crippen LogP contribution is -2.50. The van der Waals surface area contributed by atoms with Crippen molar-refractivity contribution in [2.24, 2.45) is 0 Å². The molecule has 2 aromatic rings. The fraction of sp³-hybridized carbons (Fsp3) is 0.381. The van der Waals surface area contributed by atoms with E-state index in [0.29, 0.717) is 42.3 Å². The van der Waals surface area contributed by atoms with Gasteiger partial charge in [-0.2, -0.15) is 0 Å². The van der Waals surface area contributed by atoms with E-state index < -0.39 is 0 Å². The molecule has 28 heavy (non-hydrogen) atoms. The molecule has 7 heteroatoms. The lowest BCUT2D eigenvalue weighted by atomic mass is 10.1. The molecule has 4 rings (SSSR count). The Hall–Kier alpha value is -2.60. The maximum absolute atomic E-state index is 13.1. The Morgan fingerprint density at radius 1 is 0.821 bits per heavy atom. The number of hydrogen-bond acceptors (Lipinski definition) is 4. The third-order valence-electron chi connectivity index (χ3n) is 5.37. The molecule has 2 saturated heterocycles. The lowest BCUT2D eigenvalue weighted by molar-refractivity contribution is 0.0535. The first-order chi connectivity index (χ1) is 13.6. The van der Waals surface area contributed by atoms with E-state index in [-0.39, 0.29) is 11.8 Å². The van der Waals surface area contributed by atoms with Crippen molar-refractivity contribution in [3.05, 3.63) is 58.7 Å². The van der Waals surface area contributed by atoms with Gasteiger partial charge in [0, 0.05) is 56.1 Å². The van der Waals surface area contributed by atoms with Gasteiger partial charge in [0.25, 0.3) is 11.8 Å². The van der Waals surface area contributed by atoms with Crippen LogP contribution in [0.25, 0.3) is 0 Å². The lowest BCUT2D eigenvalue weighted by Gasteiger charge is -2.35. The van der Waals surface area contributed by atoms with Gasteiger partial charge in [-0.1, -0.05) is 11.6 Å². The van der Waals surface area contributed by atoms with E-state index in [9.17, 15) is 9.59 Å². The van der Waals surface area contributed by atoms with Crippen LogP contribution in [0.4, 0.5) is 5.82 Å². The van der Waals surface area contributed by atoms with Crippen LogP contribution in [0, 0.1) is 0 Å². The highest BCUT2D eigenvalue weighted by molar-refractivity contribution is 6.30. The molecular formula is C21H23ClN4O2. The van der Waals surface area contributed by atoms with Crippen LogP contribution in [0.1, 0.15) is 33.6 Å². The average molecular weight is 399 g/mol. The summed E-state index contributed by atoms with van der Waals surface area (Å²) in [5.41, 5.74) is 1.27. The molecule has 0 N–H and O–H groups in total. The molecule has 0 unspecified atom stereocenters. The summed E-state index contributed by atoms with van der Waals surface area (Å²) in [6.45, 7) is 3.97. The molecule has 146 valence electrons. The molecular weight excluding hydrogens is 376 g/mol. The minimum absolute atomic E-state index is 0.00593. The Kier molecular flexibility index (Phi) is 5.48. The number of anilines is 1. The third-order valence-corrected chi connectivity index (χ3v) is 5.62. The third kappa shape index (κ3) is 3.83. The van der Waals surface area contributed by atoms with Gasteiger partial charge >= 0.3 is 0 Å². The van der Waals surface area contributed by atoms with Crippen molar-refractivity contribution in [1.29, 1.82) is 0 Å². The Bertz CT molecular complexity index is 857. The average Bonchev–Trinajstić information content (AvgIpc) is 3.28. The Balaban J connectivity index is 1.42. The molecule has 6 nitrogen and oxygen atoms in total. The molecule has 2 amide bonds. The van der Waals surface area contributed by atoms with Crippen LogP contribution in [-0.4, -0.2) is 65.9 Å². The molecule has 0 spiro atoms. The number of rotatable bonds is 3. The highest BCUT2D eigenvalue weighted by atomic mass is 35.5. The summed E-state index contributed by atoms with van der Waals surface area (Å²) in [5.74, 6) is 0.751. The summed E-state index contributed by atoms with van der Waals surface area (Å²) in [6, 6.07) is 10.6. The van der Waals surface area contributed by atoms with Crippen LogP contribution < -0.4 is 4.90 Å². The second kappa shape index (κ2) is 8.19. The summed E-state index contributed by atoms with van der Waals surface area (Å²) in [6.07, 6.45) is 4.01. The van der Waals surface area contributed by atoms with E-state index in [2.05, 4.69) is 9.88 Å². The first-order valence-electron chi connectivity index (χ1n) is 9.67. The predicted molar refractivity (Wildman–Crippen MR) is 109 cm³/mol. The number of benzene rings is 1. The largest absolute Gasteiger partial charge is 0.356 e. The van der Waals surface area contributed by atoms with Gasteiger partial charge in [-0.05, 0) is 49.2 Å². The normalized spacial score (nSPS) is 17.1. The molecule has 0 atom stereocenters. The van der Waals surface area contributed by atoms with Gasteiger partial charge in [-0.3, -0.25) is 9.59 Å². The SMILES string of the molecule is O=C(c1ccc(Cl)cc1)N1CCN(C(=O)c2cccnc2N2CCCC2)CC1. The Morgan fingerprint density at radius 3 is 2.07 bits per heavy atom. The molecule has 0 radical (unpaired) electrons. The van der Waals surface area contributed by atoms with Crippen LogP contribution in [0.3, 0.4) is 0 Å². The van der Waals surface area contributed by atoms with Gasteiger partial charge in [-0.15, -0.1) is 0 Å². The zero-order valence-electron chi connectivity index (χ0n) is 15.7. The number of amides is 2. The monoisotopic (exact) mass is 398 g/mol.